The lowest BCUT2D eigenvalue weighted by Gasteiger charge is -2.35. The summed E-state index contributed by atoms with van der Waals surface area (Å²) in [4.78, 5) is 18.8. The number of fused-ring (bicyclic) bond motifs is 2. The van der Waals surface area contributed by atoms with Crippen molar-refractivity contribution in [2.75, 3.05) is 7.05 Å². The molecule has 3 heterocycles. The number of carbonyl (C=O) groups is 1. The minimum Gasteiger partial charge on any atom is -0.343 e. The largest absolute Gasteiger partial charge is 0.343 e. The molecule has 2 aliphatic heterocycles. The molecule has 28 heavy (non-hydrogen) atoms. The lowest BCUT2D eigenvalue weighted by atomic mass is 9.98. The zero-order valence-corrected chi connectivity index (χ0v) is 17.0. The lowest BCUT2D eigenvalue weighted by Crippen LogP contribution is -2.48. The standard InChI is InChI=1S/C20H25FN4O2.ClH/c1-12-9-13(3-6-17(12)21)20-23-18(27-24-20)7-8-19(26)25(2)16-10-14-4-5-15(11-16)22-14;/h3,6,9,14-16,22H,4-5,7-8,10-11H2,1-2H3;1H. The Morgan fingerprint density at radius 1 is 1.32 bits per heavy atom. The summed E-state index contributed by atoms with van der Waals surface area (Å²) in [7, 11) is 1.90. The first-order valence-corrected chi connectivity index (χ1v) is 9.60. The van der Waals surface area contributed by atoms with Gasteiger partial charge in [0.05, 0.1) is 0 Å². The van der Waals surface area contributed by atoms with Crippen molar-refractivity contribution in [3.8, 4) is 11.4 Å². The second-order valence-corrected chi connectivity index (χ2v) is 7.74. The Labute approximate surface area is 170 Å². The van der Waals surface area contributed by atoms with E-state index in [2.05, 4.69) is 15.5 Å². The van der Waals surface area contributed by atoms with Gasteiger partial charge in [0.15, 0.2) is 0 Å². The third-order valence-corrected chi connectivity index (χ3v) is 5.83. The summed E-state index contributed by atoms with van der Waals surface area (Å²) >= 11 is 0. The summed E-state index contributed by atoms with van der Waals surface area (Å²) in [6, 6.07) is 6.14. The molecule has 0 aliphatic carbocycles. The van der Waals surface area contributed by atoms with Gasteiger partial charge in [0.2, 0.25) is 17.6 Å². The Morgan fingerprint density at radius 2 is 2.04 bits per heavy atom. The molecule has 0 radical (unpaired) electrons. The predicted octanol–water partition coefficient (Wildman–Crippen LogP) is 3.28. The molecule has 1 aromatic heterocycles. The Bertz CT molecular complexity index is 831. The van der Waals surface area contributed by atoms with Crippen LogP contribution in [0.1, 0.15) is 43.6 Å². The van der Waals surface area contributed by atoms with Crippen LogP contribution in [0.2, 0.25) is 0 Å². The van der Waals surface area contributed by atoms with Gasteiger partial charge in [-0.05, 0) is 56.4 Å². The number of aryl methyl sites for hydroxylation is 2. The van der Waals surface area contributed by atoms with E-state index in [1.807, 2.05) is 11.9 Å². The number of nitrogens with zero attached hydrogens (tertiary/aromatic N) is 3. The van der Waals surface area contributed by atoms with Gasteiger partial charge >= 0.3 is 0 Å². The maximum Gasteiger partial charge on any atom is 0.227 e. The van der Waals surface area contributed by atoms with E-state index < -0.39 is 0 Å². The summed E-state index contributed by atoms with van der Waals surface area (Å²) < 4.78 is 18.7. The molecule has 8 heteroatoms. The van der Waals surface area contributed by atoms with E-state index in [9.17, 15) is 9.18 Å². The molecular weight excluding hydrogens is 383 g/mol. The zero-order chi connectivity index (χ0) is 19.0. The van der Waals surface area contributed by atoms with Gasteiger partial charge in [-0.15, -0.1) is 12.4 Å². The normalized spacial score (nSPS) is 23.3. The number of halogens is 2. The van der Waals surface area contributed by atoms with Crippen LogP contribution in [0.4, 0.5) is 4.39 Å². The number of carbonyl (C=O) groups excluding carboxylic acids is 1. The highest BCUT2D eigenvalue weighted by atomic mass is 35.5. The molecule has 1 aromatic carbocycles. The van der Waals surface area contributed by atoms with Crippen LogP contribution in [0.25, 0.3) is 11.4 Å². The molecular formula is C20H26ClFN4O2. The maximum atomic E-state index is 13.4. The number of piperidine rings is 1. The Balaban J connectivity index is 0.00000225. The summed E-state index contributed by atoms with van der Waals surface area (Å²) in [6.45, 7) is 1.70. The van der Waals surface area contributed by atoms with Gasteiger partial charge in [0.25, 0.3) is 0 Å². The highest BCUT2D eigenvalue weighted by molar-refractivity contribution is 5.85. The lowest BCUT2D eigenvalue weighted by molar-refractivity contribution is -0.132. The van der Waals surface area contributed by atoms with Gasteiger partial charge in [-0.2, -0.15) is 4.98 Å². The van der Waals surface area contributed by atoms with E-state index in [0.29, 0.717) is 53.8 Å². The molecule has 2 saturated heterocycles. The van der Waals surface area contributed by atoms with Gasteiger partial charge in [-0.1, -0.05) is 5.16 Å². The molecule has 2 aromatic rings. The topological polar surface area (TPSA) is 71.3 Å². The van der Waals surface area contributed by atoms with E-state index >= 15 is 0 Å². The summed E-state index contributed by atoms with van der Waals surface area (Å²) in [6.07, 6.45) is 5.27. The summed E-state index contributed by atoms with van der Waals surface area (Å²) in [5, 5.41) is 7.56. The van der Waals surface area contributed by atoms with Crippen LogP contribution < -0.4 is 5.32 Å². The van der Waals surface area contributed by atoms with Crippen molar-refractivity contribution >= 4 is 18.3 Å². The van der Waals surface area contributed by atoms with Crippen molar-refractivity contribution < 1.29 is 13.7 Å². The van der Waals surface area contributed by atoms with E-state index in [1.165, 1.54) is 18.9 Å². The molecule has 2 bridgehead atoms. The van der Waals surface area contributed by atoms with Crippen LogP contribution in [0, 0.1) is 12.7 Å². The summed E-state index contributed by atoms with van der Waals surface area (Å²) in [5.41, 5.74) is 1.24. The van der Waals surface area contributed by atoms with Crippen LogP contribution in [0.5, 0.6) is 0 Å². The predicted molar refractivity (Wildman–Crippen MR) is 106 cm³/mol. The molecule has 1 amide bonds. The van der Waals surface area contributed by atoms with Gasteiger partial charge in [0.1, 0.15) is 5.82 Å². The number of amides is 1. The van der Waals surface area contributed by atoms with Crippen LogP contribution in [0.3, 0.4) is 0 Å². The molecule has 152 valence electrons. The average molecular weight is 409 g/mol. The molecule has 2 aliphatic rings. The van der Waals surface area contributed by atoms with E-state index in [0.717, 1.165) is 12.8 Å². The number of nitrogens with one attached hydrogen (secondary N) is 1. The molecule has 1 N–H and O–H groups in total. The second kappa shape index (κ2) is 8.57. The van der Waals surface area contributed by atoms with Crippen LogP contribution in [-0.4, -0.2) is 46.1 Å². The first-order valence-electron chi connectivity index (χ1n) is 9.60. The minimum absolute atomic E-state index is 0. The fraction of sp³-hybridized carbons (Fsp3) is 0.550. The molecule has 6 nitrogen and oxygen atoms in total. The van der Waals surface area contributed by atoms with Gasteiger partial charge in [-0.3, -0.25) is 4.79 Å². The Kier molecular flexibility index (Phi) is 6.35. The minimum atomic E-state index is -0.262. The highest BCUT2D eigenvalue weighted by Crippen LogP contribution is 2.29. The fourth-order valence-corrected chi connectivity index (χ4v) is 4.19. The first-order chi connectivity index (χ1) is 13.0. The Morgan fingerprint density at radius 3 is 2.71 bits per heavy atom. The number of hydrogen-bond donors (Lipinski definition) is 1. The van der Waals surface area contributed by atoms with E-state index in [-0.39, 0.29) is 24.1 Å². The molecule has 0 saturated carbocycles. The van der Waals surface area contributed by atoms with Crippen LogP contribution in [-0.2, 0) is 11.2 Å². The first kappa shape index (κ1) is 20.7. The number of rotatable bonds is 5. The van der Waals surface area contributed by atoms with Gasteiger partial charge in [-0.25, -0.2) is 4.39 Å². The smallest absolute Gasteiger partial charge is 0.227 e. The maximum absolute atomic E-state index is 13.4. The van der Waals surface area contributed by atoms with E-state index in [4.69, 9.17) is 4.52 Å². The number of benzene rings is 1. The van der Waals surface area contributed by atoms with Gasteiger partial charge < -0.3 is 14.7 Å². The molecule has 2 atom stereocenters. The third kappa shape index (κ3) is 4.36. The average Bonchev–Trinajstić information content (AvgIpc) is 3.27. The second-order valence-electron chi connectivity index (χ2n) is 7.74. The number of aromatic nitrogens is 2. The highest BCUT2D eigenvalue weighted by Gasteiger charge is 2.36. The van der Waals surface area contributed by atoms with Crippen molar-refractivity contribution in [1.29, 1.82) is 0 Å². The van der Waals surface area contributed by atoms with E-state index in [1.54, 1.807) is 19.1 Å². The third-order valence-electron chi connectivity index (χ3n) is 5.83. The molecule has 2 unspecified atom stereocenters. The quantitative estimate of drug-likeness (QED) is 0.822. The molecule has 2 fully saturated rings. The van der Waals surface area contributed by atoms with Gasteiger partial charge in [0, 0.05) is 43.6 Å². The van der Waals surface area contributed by atoms with Crippen LogP contribution in [0.15, 0.2) is 22.7 Å². The van der Waals surface area contributed by atoms with Crippen LogP contribution >= 0.6 is 12.4 Å². The SMILES string of the molecule is Cc1cc(-c2noc(CCC(=O)N(C)C3CC4CCC(C3)N4)n2)ccc1F.Cl. The molecule has 0 spiro atoms. The zero-order valence-electron chi connectivity index (χ0n) is 16.2. The van der Waals surface area contributed by atoms with Crippen molar-refractivity contribution in [3.05, 3.63) is 35.5 Å². The van der Waals surface area contributed by atoms with Crippen molar-refractivity contribution in [2.24, 2.45) is 0 Å². The van der Waals surface area contributed by atoms with Crippen molar-refractivity contribution in [3.63, 3.8) is 0 Å². The molecule has 4 rings (SSSR count). The fourth-order valence-electron chi connectivity index (χ4n) is 4.19. The van der Waals surface area contributed by atoms with Crippen molar-refractivity contribution in [1.82, 2.24) is 20.4 Å². The summed E-state index contributed by atoms with van der Waals surface area (Å²) in [5.74, 6) is 0.698. The number of hydrogen-bond acceptors (Lipinski definition) is 5. The monoisotopic (exact) mass is 408 g/mol. The Hall–Kier alpha value is -1.99. The van der Waals surface area contributed by atoms with Crippen molar-refractivity contribution in [2.45, 2.75) is 63.6 Å².